The van der Waals surface area contributed by atoms with Gasteiger partial charge in [0.05, 0.1) is 0 Å². The lowest BCUT2D eigenvalue weighted by atomic mass is 10.2. The predicted octanol–water partition coefficient (Wildman–Crippen LogP) is 4.43. The molecule has 0 amide bonds. The molecule has 0 spiro atoms. The molecule has 0 radical (unpaired) electrons. The van der Waals surface area contributed by atoms with E-state index < -0.39 is 0 Å². The van der Waals surface area contributed by atoms with E-state index in [0.717, 1.165) is 29.5 Å². The van der Waals surface area contributed by atoms with Crippen LogP contribution in [0.5, 0.6) is 5.88 Å². The third kappa shape index (κ3) is 2.21. The van der Waals surface area contributed by atoms with Gasteiger partial charge in [0.2, 0.25) is 5.88 Å². The van der Waals surface area contributed by atoms with Crippen LogP contribution in [0.3, 0.4) is 0 Å². The van der Waals surface area contributed by atoms with Crippen molar-refractivity contribution in [2.75, 3.05) is 18.0 Å². The maximum absolute atomic E-state index is 10.8. The van der Waals surface area contributed by atoms with Crippen LogP contribution >= 0.6 is 0 Å². The summed E-state index contributed by atoms with van der Waals surface area (Å²) in [5.74, 6) is 0.311. The summed E-state index contributed by atoms with van der Waals surface area (Å²) in [5, 5.41) is 14.0. The number of rotatable bonds is 2. The molecular formula is C21H21N3O. The molecule has 0 bridgehead atoms. The Balaban J connectivity index is 1.63. The minimum absolute atomic E-state index is 0.311. The van der Waals surface area contributed by atoms with Crippen LogP contribution in [-0.4, -0.2) is 27.3 Å². The van der Waals surface area contributed by atoms with Gasteiger partial charge in [-0.2, -0.15) is 0 Å². The Morgan fingerprint density at radius 1 is 0.880 bits per heavy atom. The third-order valence-electron chi connectivity index (χ3n) is 5.39. The number of hydrogen-bond acceptors (Lipinski definition) is 2. The van der Waals surface area contributed by atoms with Crippen molar-refractivity contribution >= 4 is 27.4 Å². The van der Waals surface area contributed by atoms with Crippen LogP contribution < -0.4 is 4.90 Å². The van der Waals surface area contributed by atoms with E-state index in [1.54, 1.807) is 0 Å². The summed E-state index contributed by atoms with van der Waals surface area (Å²) in [4.78, 5) is 2.40. The molecule has 2 aromatic carbocycles. The Hall–Kier alpha value is -2.88. The summed E-state index contributed by atoms with van der Waals surface area (Å²) in [6, 6.07) is 14.8. The number of hydrogen-bond donors (Lipinski definition) is 1. The van der Waals surface area contributed by atoms with E-state index >= 15 is 0 Å². The van der Waals surface area contributed by atoms with E-state index in [1.807, 2.05) is 17.8 Å². The van der Waals surface area contributed by atoms with Gasteiger partial charge in [0.15, 0.2) is 0 Å². The number of fused-ring (bicyclic) bond motifs is 2. The first-order valence-corrected chi connectivity index (χ1v) is 8.85. The molecule has 1 saturated heterocycles. The lowest BCUT2D eigenvalue weighted by Crippen LogP contribution is -2.17. The molecule has 0 aliphatic carbocycles. The Morgan fingerprint density at radius 2 is 1.68 bits per heavy atom. The molecular weight excluding hydrogens is 310 g/mol. The second-order valence-electron chi connectivity index (χ2n) is 6.96. The highest BCUT2D eigenvalue weighted by atomic mass is 16.3. The van der Waals surface area contributed by atoms with Gasteiger partial charge in [-0.25, -0.2) is 0 Å². The van der Waals surface area contributed by atoms with Crippen LogP contribution in [0.4, 0.5) is 5.69 Å². The summed E-state index contributed by atoms with van der Waals surface area (Å²) in [5.41, 5.74) is 3.38. The third-order valence-corrected chi connectivity index (χ3v) is 5.39. The monoisotopic (exact) mass is 331 g/mol. The molecule has 1 aliphatic heterocycles. The zero-order chi connectivity index (χ0) is 17.0. The van der Waals surface area contributed by atoms with Gasteiger partial charge in [-0.3, -0.25) is 4.57 Å². The molecule has 4 heteroatoms. The molecule has 0 unspecified atom stereocenters. The molecule has 4 nitrogen and oxygen atoms in total. The molecule has 25 heavy (non-hydrogen) atoms. The average Bonchev–Trinajstić information content (AvgIpc) is 3.35. The molecule has 1 N–H and O–H groups in total. The quantitative estimate of drug-likeness (QED) is 0.589. The second-order valence-corrected chi connectivity index (χ2v) is 6.96. The zero-order valence-corrected chi connectivity index (χ0v) is 14.3. The standard InChI is InChI=1S/C21H21N3O/c1-22-11-8-15-12-18(6-7-20(15)22)24-14-16-4-5-17(13-19(16)21(24)25)23-9-2-3-10-23/h4-8,11-14,25H,2-3,9-10H2,1H3. The highest BCUT2D eigenvalue weighted by Crippen LogP contribution is 2.34. The molecule has 126 valence electrons. The smallest absolute Gasteiger partial charge is 0.203 e. The van der Waals surface area contributed by atoms with E-state index in [2.05, 4.69) is 58.1 Å². The summed E-state index contributed by atoms with van der Waals surface area (Å²) in [6.07, 6.45) is 6.58. The summed E-state index contributed by atoms with van der Waals surface area (Å²) < 4.78 is 3.98. The van der Waals surface area contributed by atoms with E-state index in [0.29, 0.717) is 5.88 Å². The fraction of sp³-hybridized carbons (Fsp3) is 0.238. The van der Waals surface area contributed by atoms with Crippen molar-refractivity contribution in [1.82, 2.24) is 9.13 Å². The zero-order valence-electron chi connectivity index (χ0n) is 14.3. The lowest BCUT2D eigenvalue weighted by Gasteiger charge is -2.17. The van der Waals surface area contributed by atoms with E-state index in [1.165, 1.54) is 29.4 Å². The number of nitrogens with zero attached hydrogens (tertiary/aromatic N) is 3. The van der Waals surface area contributed by atoms with Crippen LogP contribution in [0.15, 0.2) is 54.9 Å². The molecule has 1 fully saturated rings. The largest absolute Gasteiger partial charge is 0.494 e. The molecule has 0 saturated carbocycles. The maximum atomic E-state index is 10.8. The van der Waals surface area contributed by atoms with Gasteiger partial charge in [-0.15, -0.1) is 0 Å². The highest BCUT2D eigenvalue weighted by molar-refractivity contribution is 5.92. The van der Waals surface area contributed by atoms with Crippen LogP contribution in [-0.2, 0) is 7.05 Å². The highest BCUT2D eigenvalue weighted by Gasteiger charge is 2.16. The van der Waals surface area contributed by atoms with Gasteiger partial charge < -0.3 is 14.6 Å². The molecule has 0 atom stereocenters. The predicted molar refractivity (Wildman–Crippen MR) is 103 cm³/mol. The molecule has 5 rings (SSSR count). The number of anilines is 1. The normalized spacial score (nSPS) is 14.8. The van der Waals surface area contributed by atoms with Gasteiger partial charge in [0.25, 0.3) is 0 Å². The van der Waals surface area contributed by atoms with E-state index in [9.17, 15) is 5.11 Å². The molecule has 1 aliphatic rings. The van der Waals surface area contributed by atoms with Crippen molar-refractivity contribution in [3.63, 3.8) is 0 Å². The van der Waals surface area contributed by atoms with Crippen molar-refractivity contribution in [3.05, 3.63) is 54.9 Å². The number of aromatic nitrogens is 2. The first-order chi connectivity index (χ1) is 12.2. The fourth-order valence-electron chi connectivity index (χ4n) is 3.97. The lowest BCUT2D eigenvalue weighted by molar-refractivity contribution is 0.448. The van der Waals surface area contributed by atoms with Gasteiger partial charge in [-0.05, 0) is 49.2 Å². The Morgan fingerprint density at radius 3 is 2.52 bits per heavy atom. The van der Waals surface area contributed by atoms with Crippen LogP contribution in [0.2, 0.25) is 0 Å². The van der Waals surface area contributed by atoms with Gasteiger partial charge in [0, 0.05) is 65.6 Å². The summed E-state index contributed by atoms with van der Waals surface area (Å²) in [6.45, 7) is 2.22. The van der Waals surface area contributed by atoms with Crippen molar-refractivity contribution < 1.29 is 5.11 Å². The Bertz CT molecular complexity index is 1080. The molecule has 3 heterocycles. The first kappa shape index (κ1) is 14.5. The minimum Gasteiger partial charge on any atom is -0.494 e. The first-order valence-electron chi connectivity index (χ1n) is 8.85. The van der Waals surface area contributed by atoms with Crippen LogP contribution in [0.1, 0.15) is 12.8 Å². The van der Waals surface area contributed by atoms with Gasteiger partial charge in [0.1, 0.15) is 0 Å². The van der Waals surface area contributed by atoms with Crippen LogP contribution in [0.25, 0.3) is 27.4 Å². The van der Waals surface area contributed by atoms with Gasteiger partial charge in [-0.1, -0.05) is 6.07 Å². The molecule has 2 aromatic heterocycles. The Kier molecular flexibility index (Phi) is 3.07. The Labute approximate surface area is 146 Å². The van der Waals surface area contributed by atoms with Crippen molar-refractivity contribution in [3.8, 4) is 11.6 Å². The maximum Gasteiger partial charge on any atom is 0.203 e. The SMILES string of the molecule is Cn1ccc2cc(-n3cc4ccc(N5CCCC5)cc4c3O)ccc21. The van der Waals surface area contributed by atoms with E-state index in [4.69, 9.17) is 0 Å². The summed E-state index contributed by atoms with van der Waals surface area (Å²) >= 11 is 0. The van der Waals surface area contributed by atoms with E-state index in [-0.39, 0.29) is 0 Å². The van der Waals surface area contributed by atoms with Crippen molar-refractivity contribution in [2.45, 2.75) is 12.8 Å². The number of benzene rings is 2. The second kappa shape index (κ2) is 5.31. The molecule has 4 aromatic rings. The summed E-state index contributed by atoms with van der Waals surface area (Å²) in [7, 11) is 2.04. The average molecular weight is 331 g/mol. The van der Waals surface area contributed by atoms with Crippen molar-refractivity contribution in [1.29, 1.82) is 0 Å². The van der Waals surface area contributed by atoms with Crippen molar-refractivity contribution in [2.24, 2.45) is 7.05 Å². The van der Waals surface area contributed by atoms with Crippen LogP contribution in [0, 0.1) is 0 Å². The minimum atomic E-state index is 0.311. The number of aromatic hydroxyl groups is 1. The number of aryl methyl sites for hydroxylation is 1. The fourth-order valence-corrected chi connectivity index (χ4v) is 3.97. The van der Waals surface area contributed by atoms with Gasteiger partial charge >= 0.3 is 0 Å². The topological polar surface area (TPSA) is 33.3 Å².